The molecule has 2 amide bonds. The molecule has 0 saturated carbocycles. The van der Waals surface area contributed by atoms with E-state index in [1.807, 2.05) is 73.4 Å². The quantitative estimate of drug-likeness (QED) is 0.320. The van der Waals surface area contributed by atoms with Crippen molar-refractivity contribution >= 4 is 51.0 Å². The largest absolute Gasteiger partial charge is 0.496 e. The number of hydrogen-bond acceptors (Lipinski definition) is 5. The highest BCUT2D eigenvalue weighted by Gasteiger charge is 2.64. The maximum absolute atomic E-state index is 14.2. The van der Waals surface area contributed by atoms with E-state index in [0.717, 1.165) is 22.4 Å². The molecule has 0 spiro atoms. The number of aryl methyl sites for hydroxylation is 2. The highest BCUT2D eigenvalue weighted by molar-refractivity contribution is 9.10. The van der Waals surface area contributed by atoms with Crippen LogP contribution in [0.4, 0.5) is 11.4 Å². The smallest absolute Gasteiger partial charge is 0.240 e. The molecular weight excluding hydrogens is 532 g/mol. The first-order valence-corrected chi connectivity index (χ1v) is 13.0. The number of rotatable bonds is 4. The normalized spacial score (nSPS) is 23.7. The van der Waals surface area contributed by atoms with E-state index in [2.05, 4.69) is 15.9 Å². The van der Waals surface area contributed by atoms with Gasteiger partial charge in [0.2, 0.25) is 11.8 Å². The Morgan fingerprint density at radius 3 is 2.41 bits per heavy atom. The first-order valence-electron chi connectivity index (χ1n) is 12.2. The number of para-hydroxylation sites is 1. The number of amides is 2. The van der Waals surface area contributed by atoms with Gasteiger partial charge in [-0.3, -0.25) is 14.4 Å². The number of carbonyl (C=O) groups is 3. The molecule has 2 saturated heterocycles. The topological polar surface area (TPSA) is 66.9 Å². The number of methoxy groups -OCH3 is 1. The predicted molar refractivity (Wildman–Crippen MR) is 146 cm³/mol. The minimum absolute atomic E-state index is 0.199. The second-order valence-corrected chi connectivity index (χ2v) is 10.7. The number of anilines is 2. The molecule has 0 bridgehead atoms. The molecule has 37 heavy (non-hydrogen) atoms. The molecular formula is C30H25BrN2O4. The minimum Gasteiger partial charge on any atom is -0.496 e. The molecule has 0 N–H and O–H groups in total. The van der Waals surface area contributed by atoms with Crippen molar-refractivity contribution in [2.24, 2.45) is 11.8 Å². The van der Waals surface area contributed by atoms with Gasteiger partial charge in [0, 0.05) is 11.3 Å². The van der Waals surface area contributed by atoms with E-state index in [0.29, 0.717) is 21.5 Å². The molecule has 4 atom stereocenters. The second-order valence-electron chi connectivity index (χ2n) is 9.83. The van der Waals surface area contributed by atoms with Gasteiger partial charge in [0.15, 0.2) is 5.78 Å². The summed E-state index contributed by atoms with van der Waals surface area (Å²) in [5.41, 5.74) is 4.75. The summed E-state index contributed by atoms with van der Waals surface area (Å²) in [6.07, 6.45) is 3.95. The first kappa shape index (κ1) is 23.7. The second kappa shape index (κ2) is 8.70. The standard InChI is InChI=1S/C30H25BrN2O4/c1-16-8-11-21(17(2)14-16)33-29(35)25-23-12-9-18-6-4-5-7-22(18)32(23)27(26(25)30(33)36)28(34)19-10-13-24(37-3)20(31)15-19/h4-15,23,25-27H,1-3H3. The summed E-state index contributed by atoms with van der Waals surface area (Å²) < 4.78 is 5.99. The lowest BCUT2D eigenvalue weighted by Gasteiger charge is -2.36. The third kappa shape index (κ3) is 3.48. The van der Waals surface area contributed by atoms with Crippen LogP contribution in [0.5, 0.6) is 5.75 Å². The van der Waals surface area contributed by atoms with E-state index in [-0.39, 0.29) is 17.6 Å². The molecule has 4 unspecified atom stereocenters. The van der Waals surface area contributed by atoms with E-state index in [1.165, 1.54) is 4.90 Å². The summed E-state index contributed by atoms with van der Waals surface area (Å²) in [5.74, 6) is -1.64. The van der Waals surface area contributed by atoms with Gasteiger partial charge in [-0.15, -0.1) is 0 Å². The van der Waals surface area contributed by atoms with Gasteiger partial charge in [-0.2, -0.15) is 0 Å². The van der Waals surface area contributed by atoms with Gasteiger partial charge in [0.25, 0.3) is 0 Å². The molecule has 6 rings (SSSR count). The fourth-order valence-electron chi connectivity index (χ4n) is 6.10. The molecule has 186 valence electrons. The van der Waals surface area contributed by atoms with Crippen LogP contribution in [0.3, 0.4) is 0 Å². The minimum atomic E-state index is -0.825. The average molecular weight is 557 g/mol. The average Bonchev–Trinajstić information content (AvgIpc) is 3.36. The molecule has 3 aliphatic heterocycles. The SMILES string of the molecule is COc1ccc(C(=O)C2C3C(=O)N(c4ccc(C)cc4C)C(=O)C3C3C=Cc4ccccc4N32)cc1Br. The Bertz CT molecular complexity index is 1510. The number of hydrogen-bond donors (Lipinski definition) is 0. The number of benzene rings is 3. The van der Waals surface area contributed by atoms with Crippen LogP contribution in [0.15, 0.2) is 71.2 Å². The van der Waals surface area contributed by atoms with Crippen LogP contribution in [-0.4, -0.2) is 36.8 Å². The molecule has 3 aliphatic rings. The monoisotopic (exact) mass is 556 g/mol. The third-order valence-corrected chi connectivity index (χ3v) is 8.33. The molecule has 0 radical (unpaired) electrons. The van der Waals surface area contributed by atoms with Crippen molar-refractivity contribution in [2.75, 3.05) is 16.9 Å². The molecule has 0 aliphatic carbocycles. The van der Waals surface area contributed by atoms with E-state index in [1.54, 1.807) is 25.3 Å². The van der Waals surface area contributed by atoms with Crippen LogP contribution in [-0.2, 0) is 9.59 Å². The fourth-order valence-corrected chi connectivity index (χ4v) is 6.64. The van der Waals surface area contributed by atoms with Crippen molar-refractivity contribution in [1.82, 2.24) is 0 Å². The lowest BCUT2D eigenvalue weighted by atomic mass is 9.86. The number of fused-ring (bicyclic) bond motifs is 5. The number of ether oxygens (including phenoxy) is 1. The number of nitrogens with zero attached hydrogens (tertiary/aromatic N) is 2. The van der Waals surface area contributed by atoms with Gasteiger partial charge in [-0.25, -0.2) is 4.90 Å². The zero-order chi connectivity index (χ0) is 26.0. The van der Waals surface area contributed by atoms with Crippen molar-refractivity contribution in [3.63, 3.8) is 0 Å². The Morgan fingerprint density at radius 2 is 1.68 bits per heavy atom. The van der Waals surface area contributed by atoms with Crippen molar-refractivity contribution in [1.29, 1.82) is 0 Å². The lowest BCUT2D eigenvalue weighted by molar-refractivity contribution is -0.122. The van der Waals surface area contributed by atoms with Crippen LogP contribution in [0.25, 0.3) is 6.08 Å². The van der Waals surface area contributed by atoms with E-state index in [9.17, 15) is 14.4 Å². The van der Waals surface area contributed by atoms with E-state index < -0.39 is 23.9 Å². The summed E-state index contributed by atoms with van der Waals surface area (Å²) in [6, 6.07) is 17.4. The summed E-state index contributed by atoms with van der Waals surface area (Å²) in [5, 5.41) is 0. The first-order chi connectivity index (χ1) is 17.8. The van der Waals surface area contributed by atoms with Crippen LogP contribution < -0.4 is 14.5 Å². The molecule has 7 heteroatoms. The number of carbonyl (C=O) groups excluding carboxylic acids is 3. The molecule has 3 aromatic carbocycles. The summed E-state index contributed by atoms with van der Waals surface area (Å²) in [4.78, 5) is 45.5. The van der Waals surface area contributed by atoms with Crippen LogP contribution in [0.2, 0.25) is 0 Å². The number of imide groups is 1. The van der Waals surface area contributed by atoms with Gasteiger partial charge in [-0.1, -0.05) is 48.0 Å². The van der Waals surface area contributed by atoms with E-state index >= 15 is 0 Å². The molecule has 3 heterocycles. The number of halogens is 1. The maximum Gasteiger partial charge on any atom is 0.240 e. The molecule has 3 aromatic rings. The van der Waals surface area contributed by atoms with Crippen LogP contribution >= 0.6 is 15.9 Å². The molecule has 0 aromatic heterocycles. The summed E-state index contributed by atoms with van der Waals surface area (Å²) in [7, 11) is 1.56. The van der Waals surface area contributed by atoms with Gasteiger partial charge < -0.3 is 9.64 Å². The van der Waals surface area contributed by atoms with Gasteiger partial charge in [-0.05, 0) is 71.2 Å². The lowest BCUT2D eigenvalue weighted by Crippen LogP contribution is -2.49. The zero-order valence-electron chi connectivity index (χ0n) is 20.6. The Labute approximate surface area is 223 Å². The van der Waals surface area contributed by atoms with Crippen molar-refractivity contribution in [2.45, 2.75) is 25.9 Å². The summed E-state index contributed by atoms with van der Waals surface area (Å²) >= 11 is 3.48. The van der Waals surface area contributed by atoms with Crippen LogP contribution in [0, 0.1) is 25.7 Å². The highest BCUT2D eigenvalue weighted by Crippen LogP contribution is 2.50. The Balaban J connectivity index is 1.49. The fraction of sp³-hybridized carbons (Fsp3) is 0.233. The highest BCUT2D eigenvalue weighted by atomic mass is 79.9. The molecule has 2 fully saturated rings. The van der Waals surface area contributed by atoms with Gasteiger partial charge >= 0.3 is 0 Å². The zero-order valence-corrected chi connectivity index (χ0v) is 22.2. The van der Waals surface area contributed by atoms with E-state index in [4.69, 9.17) is 4.74 Å². The van der Waals surface area contributed by atoms with Gasteiger partial charge in [0.1, 0.15) is 11.8 Å². The molecule has 6 nitrogen and oxygen atoms in total. The Hall–Kier alpha value is -3.71. The third-order valence-electron chi connectivity index (χ3n) is 7.71. The summed E-state index contributed by atoms with van der Waals surface area (Å²) in [6.45, 7) is 3.88. The van der Waals surface area contributed by atoms with Crippen molar-refractivity contribution in [3.8, 4) is 5.75 Å². The van der Waals surface area contributed by atoms with Crippen molar-refractivity contribution < 1.29 is 19.1 Å². The number of ketones is 1. The van der Waals surface area contributed by atoms with Crippen LogP contribution in [0.1, 0.15) is 27.0 Å². The van der Waals surface area contributed by atoms with Gasteiger partial charge in [0.05, 0.1) is 35.1 Å². The number of Topliss-reactive ketones (excluding diaryl/α,β-unsaturated/α-hetero) is 1. The Morgan fingerprint density at radius 1 is 0.919 bits per heavy atom. The Kier molecular flexibility index (Phi) is 5.57. The maximum atomic E-state index is 14.2. The predicted octanol–water partition coefficient (Wildman–Crippen LogP) is 5.35. The van der Waals surface area contributed by atoms with Crippen molar-refractivity contribution in [3.05, 3.63) is 93.5 Å².